The normalized spacial score (nSPS) is 21.1. The molecule has 45 heavy (non-hydrogen) atoms. The van der Waals surface area contributed by atoms with Gasteiger partial charge in [0.05, 0.1) is 16.7 Å². The third-order valence-corrected chi connectivity index (χ3v) is 7.01. The predicted octanol–water partition coefficient (Wildman–Crippen LogP) is 5.85. The number of allylic oxidation sites excluding steroid dienone is 1. The van der Waals surface area contributed by atoms with Crippen LogP contribution in [0.1, 0.15) is 38.0 Å². The van der Waals surface area contributed by atoms with Crippen LogP contribution in [0.25, 0.3) is 0 Å². The molecule has 1 saturated heterocycles. The Labute approximate surface area is 273 Å². The van der Waals surface area contributed by atoms with E-state index in [0.717, 1.165) is 6.92 Å². The molecule has 5 unspecified atom stereocenters. The fourth-order valence-electron chi connectivity index (χ4n) is 4.21. The van der Waals surface area contributed by atoms with Crippen molar-refractivity contribution in [2.45, 2.75) is 41.4 Å². The first-order valence-corrected chi connectivity index (χ1v) is 14.6. The summed E-state index contributed by atoms with van der Waals surface area (Å²) in [6.07, 6.45) is -7.77. The monoisotopic (exact) mass is 676 g/mol. The van der Waals surface area contributed by atoms with E-state index in [1.807, 2.05) is 0 Å². The van der Waals surface area contributed by atoms with E-state index in [0.29, 0.717) is 0 Å². The second-order valence-corrected chi connectivity index (χ2v) is 11.9. The van der Waals surface area contributed by atoms with Crippen LogP contribution in [0, 0.1) is 0 Å². The lowest BCUT2D eigenvalue weighted by atomic mass is 9.97. The molecular weight excluding hydrogens is 651 g/mol. The lowest BCUT2D eigenvalue weighted by Gasteiger charge is -2.44. The molecule has 0 N–H and O–H groups in total. The number of hydrogen-bond acceptors (Lipinski definition) is 10. The molecule has 1 aliphatic heterocycles. The van der Waals surface area contributed by atoms with E-state index in [1.54, 1.807) is 54.6 Å². The fourth-order valence-corrected chi connectivity index (χ4v) is 4.35. The van der Waals surface area contributed by atoms with Crippen molar-refractivity contribution in [2.75, 3.05) is 6.61 Å². The lowest BCUT2D eigenvalue weighted by Crippen LogP contribution is -2.63. The summed E-state index contributed by atoms with van der Waals surface area (Å²) < 4.78 is 32.3. The second kappa shape index (κ2) is 15.3. The van der Waals surface area contributed by atoms with Gasteiger partial charge < -0.3 is 28.4 Å². The molecule has 5 atom stereocenters. The van der Waals surface area contributed by atoms with Gasteiger partial charge in [-0.25, -0.2) is 14.4 Å². The third kappa shape index (κ3) is 9.21. The molecule has 0 radical (unpaired) electrons. The first kappa shape index (κ1) is 33.8. The van der Waals surface area contributed by atoms with Gasteiger partial charge in [-0.2, -0.15) is 0 Å². The van der Waals surface area contributed by atoms with Gasteiger partial charge in [0.2, 0.25) is 16.2 Å². The maximum absolute atomic E-state index is 13.4. The second-order valence-electron chi connectivity index (χ2n) is 9.59. The molecule has 13 heteroatoms. The van der Waals surface area contributed by atoms with Crippen LogP contribution < -0.4 is 0 Å². The Kier molecular flexibility index (Phi) is 11.5. The lowest BCUT2D eigenvalue weighted by molar-refractivity contribution is -0.290. The van der Waals surface area contributed by atoms with Crippen LogP contribution in [0.5, 0.6) is 0 Å². The third-order valence-electron chi connectivity index (χ3n) is 6.37. The first-order chi connectivity index (χ1) is 21.4. The van der Waals surface area contributed by atoms with Gasteiger partial charge in [-0.15, -0.1) is 0 Å². The molecule has 3 aromatic carbocycles. The van der Waals surface area contributed by atoms with E-state index >= 15 is 0 Å². The number of esters is 4. The van der Waals surface area contributed by atoms with Gasteiger partial charge >= 0.3 is 23.9 Å². The highest BCUT2D eigenvalue weighted by Gasteiger charge is 2.54. The van der Waals surface area contributed by atoms with Crippen LogP contribution >= 0.6 is 34.8 Å². The minimum Gasteiger partial charge on any atom is -0.463 e. The molecular formula is C32H27Cl3O10. The molecule has 0 bridgehead atoms. The zero-order chi connectivity index (χ0) is 32.6. The van der Waals surface area contributed by atoms with Crippen molar-refractivity contribution >= 4 is 58.7 Å². The topological polar surface area (TPSA) is 124 Å². The average Bonchev–Trinajstić information content (AvgIpc) is 3.03. The smallest absolute Gasteiger partial charge is 0.338 e. The molecule has 236 valence electrons. The minimum atomic E-state index is -2.16. The summed E-state index contributed by atoms with van der Waals surface area (Å²) in [6, 6.07) is 23.7. The maximum Gasteiger partial charge on any atom is 0.338 e. The van der Waals surface area contributed by atoms with Crippen LogP contribution in [-0.4, -0.2) is 65.0 Å². The average molecular weight is 678 g/mol. The van der Waals surface area contributed by atoms with Crippen molar-refractivity contribution in [1.82, 2.24) is 0 Å². The van der Waals surface area contributed by atoms with Crippen LogP contribution in [0.2, 0.25) is 0 Å². The van der Waals surface area contributed by atoms with Gasteiger partial charge in [-0.1, -0.05) is 96.0 Å². The number of hydrogen-bond donors (Lipinski definition) is 0. The highest BCUT2D eigenvalue weighted by Crippen LogP contribution is 2.38. The highest BCUT2D eigenvalue weighted by molar-refractivity contribution is 6.69. The molecule has 1 fully saturated rings. The summed E-state index contributed by atoms with van der Waals surface area (Å²) in [5.74, 6) is -3.70. The van der Waals surface area contributed by atoms with Crippen molar-refractivity contribution < 1.29 is 47.6 Å². The summed E-state index contributed by atoms with van der Waals surface area (Å²) in [5, 5.41) is 0. The van der Waals surface area contributed by atoms with Gasteiger partial charge in [0.25, 0.3) is 0 Å². The summed E-state index contributed by atoms with van der Waals surface area (Å²) in [4.78, 5) is 51.9. The molecule has 0 aliphatic carbocycles. The molecule has 4 rings (SSSR count). The van der Waals surface area contributed by atoms with E-state index in [9.17, 15) is 19.2 Å². The molecule has 0 spiro atoms. The molecule has 1 heterocycles. The first-order valence-electron chi connectivity index (χ1n) is 13.4. The summed E-state index contributed by atoms with van der Waals surface area (Å²) >= 11 is 17.9. The molecule has 3 aromatic rings. The van der Waals surface area contributed by atoms with Gasteiger partial charge in [-0.3, -0.25) is 4.79 Å². The number of ether oxygens (including phenoxy) is 6. The number of halogens is 3. The largest absolute Gasteiger partial charge is 0.463 e. The predicted molar refractivity (Wildman–Crippen MR) is 163 cm³/mol. The molecule has 0 amide bonds. The number of carbonyl (C=O) groups is 4. The Bertz CT molecular complexity index is 1500. The van der Waals surface area contributed by atoms with Crippen molar-refractivity contribution in [2.24, 2.45) is 0 Å². The molecule has 0 saturated carbocycles. The van der Waals surface area contributed by atoms with Crippen LogP contribution in [0.15, 0.2) is 103 Å². The fraction of sp³-hybridized carbons (Fsp3) is 0.250. The van der Waals surface area contributed by atoms with Crippen LogP contribution in [0.3, 0.4) is 0 Å². The standard InChI is InChI=1S/C32H27Cl3O10/c1-19(32(33,34)35)41-31-27(45-30(39)23-16-10-5-11-17-23)26(44-29(38)22-14-8-4-9-15-22)25(24(42-31)18-40-20(2)36)43-28(37)21-12-6-3-7-13-21/h3-17,24-27,31H,1,18H2,2H3. The van der Waals surface area contributed by atoms with Crippen molar-refractivity contribution in [3.8, 4) is 0 Å². The quantitative estimate of drug-likeness (QED) is 0.112. The SMILES string of the molecule is C=C(OC1OC(COC(C)=O)C(OC(=O)c2ccccc2)C(OC(=O)c2ccccc2)C1OC(=O)c1ccccc1)C(Cl)(Cl)Cl. The van der Waals surface area contributed by atoms with Crippen LogP contribution in [0.4, 0.5) is 0 Å². The Morgan fingerprint density at radius 2 is 1.07 bits per heavy atom. The van der Waals surface area contributed by atoms with E-state index in [-0.39, 0.29) is 16.7 Å². The summed E-state index contributed by atoms with van der Waals surface area (Å²) in [7, 11) is 0. The van der Waals surface area contributed by atoms with E-state index in [2.05, 4.69) is 6.58 Å². The zero-order valence-electron chi connectivity index (χ0n) is 23.7. The summed E-state index contributed by atoms with van der Waals surface area (Å²) in [5.41, 5.74) is 0.409. The Balaban J connectivity index is 1.80. The van der Waals surface area contributed by atoms with E-state index in [4.69, 9.17) is 63.2 Å². The number of benzene rings is 3. The van der Waals surface area contributed by atoms with Gasteiger partial charge in [0, 0.05) is 6.92 Å². The Hall–Kier alpha value is -4.09. The number of alkyl halides is 3. The minimum absolute atomic E-state index is 0.129. The molecule has 10 nitrogen and oxygen atoms in total. The Morgan fingerprint density at radius 3 is 1.47 bits per heavy atom. The summed E-state index contributed by atoms with van der Waals surface area (Å²) in [6.45, 7) is 4.27. The molecule has 1 aliphatic rings. The van der Waals surface area contributed by atoms with Gasteiger partial charge in [0.15, 0.2) is 12.2 Å². The highest BCUT2D eigenvalue weighted by atomic mass is 35.6. The van der Waals surface area contributed by atoms with Crippen LogP contribution in [-0.2, 0) is 33.2 Å². The molecule has 0 aromatic heterocycles. The van der Waals surface area contributed by atoms with Gasteiger partial charge in [-0.05, 0) is 36.4 Å². The van der Waals surface area contributed by atoms with Gasteiger partial charge in [0.1, 0.15) is 18.5 Å². The van der Waals surface area contributed by atoms with Crippen molar-refractivity contribution in [3.63, 3.8) is 0 Å². The van der Waals surface area contributed by atoms with Crippen molar-refractivity contribution in [1.29, 1.82) is 0 Å². The zero-order valence-corrected chi connectivity index (χ0v) is 25.9. The van der Waals surface area contributed by atoms with E-state index in [1.165, 1.54) is 36.4 Å². The van der Waals surface area contributed by atoms with E-state index < -0.39 is 70.7 Å². The number of carbonyl (C=O) groups excluding carboxylic acids is 4. The van der Waals surface area contributed by atoms with Crippen molar-refractivity contribution in [3.05, 3.63) is 120 Å². The maximum atomic E-state index is 13.4. The number of rotatable bonds is 10. The Morgan fingerprint density at radius 1 is 0.667 bits per heavy atom.